The summed E-state index contributed by atoms with van der Waals surface area (Å²) in [4.78, 5) is -0.00303. The van der Waals surface area contributed by atoms with Gasteiger partial charge in [0.05, 0.1) is 17.1 Å². The molecule has 7 heteroatoms. The zero-order valence-electron chi connectivity index (χ0n) is 13.7. The van der Waals surface area contributed by atoms with Crippen LogP contribution >= 0.6 is 0 Å². The summed E-state index contributed by atoms with van der Waals surface area (Å²) < 4.78 is 35.0. The van der Waals surface area contributed by atoms with E-state index in [0.717, 1.165) is 12.0 Å². The number of hydrogen-bond donors (Lipinski definition) is 1. The van der Waals surface area contributed by atoms with Crippen LogP contribution in [0.1, 0.15) is 13.3 Å². The molecule has 3 rings (SSSR count). The molecular formula is C18H18N2O4S. The third kappa shape index (κ3) is 3.57. The highest BCUT2D eigenvalue weighted by atomic mass is 32.2. The van der Waals surface area contributed by atoms with Gasteiger partial charge in [-0.05, 0) is 12.5 Å². The van der Waals surface area contributed by atoms with E-state index in [1.165, 1.54) is 6.07 Å². The smallest absolute Gasteiger partial charge is 0.319 e. The summed E-state index contributed by atoms with van der Waals surface area (Å²) in [6.45, 7) is 2.39. The number of aromatic nitrogens is 1. The molecule has 130 valence electrons. The van der Waals surface area contributed by atoms with Crippen molar-refractivity contribution in [3.8, 4) is 28.3 Å². The van der Waals surface area contributed by atoms with E-state index >= 15 is 0 Å². The van der Waals surface area contributed by atoms with Crippen molar-refractivity contribution in [1.82, 2.24) is 5.16 Å². The molecule has 1 aromatic heterocycles. The minimum atomic E-state index is -3.92. The molecule has 0 saturated heterocycles. The Morgan fingerprint density at radius 2 is 1.76 bits per heavy atom. The first-order chi connectivity index (χ1) is 12.0. The molecule has 0 amide bonds. The summed E-state index contributed by atoms with van der Waals surface area (Å²) in [5.41, 5.74) is 2.17. The van der Waals surface area contributed by atoms with Gasteiger partial charge < -0.3 is 9.26 Å². The van der Waals surface area contributed by atoms with Gasteiger partial charge in [-0.1, -0.05) is 60.6 Å². The number of ether oxygens (including phenoxy) is 1. The number of primary sulfonamides is 1. The fourth-order valence-corrected chi connectivity index (χ4v) is 3.27. The molecule has 0 spiro atoms. The summed E-state index contributed by atoms with van der Waals surface area (Å²) in [7, 11) is -3.92. The highest BCUT2D eigenvalue weighted by Gasteiger charge is 2.25. The summed E-state index contributed by atoms with van der Waals surface area (Å²) >= 11 is 0. The molecule has 0 aliphatic rings. The molecule has 25 heavy (non-hydrogen) atoms. The van der Waals surface area contributed by atoms with Gasteiger partial charge in [-0.25, -0.2) is 13.6 Å². The van der Waals surface area contributed by atoms with Crippen molar-refractivity contribution in [3.63, 3.8) is 0 Å². The van der Waals surface area contributed by atoms with Gasteiger partial charge >= 0.3 is 5.95 Å². The molecule has 0 aliphatic heterocycles. The summed E-state index contributed by atoms with van der Waals surface area (Å²) in [5, 5.41) is 9.49. The van der Waals surface area contributed by atoms with E-state index < -0.39 is 10.0 Å². The van der Waals surface area contributed by atoms with E-state index in [1.807, 2.05) is 37.3 Å². The zero-order valence-corrected chi connectivity index (χ0v) is 14.5. The van der Waals surface area contributed by atoms with Crippen LogP contribution in [0.25, 0.3) is 22.4 Å². The Morgan fingerprint density at radius 3 is 2.44 bits per heavy atom. The third-order valence-corrected chi connectivity index (χ3v) is 4.58. The highest BCUT2D eigenvalue weighted by Crippen LogP contribution is 2.41. The van der Waals surface area contributed by atoms with E-state index in [9.17, 15) is 8.42 Å². The highest BCUT2D eigenvalue weighted by molar-refractivity contribution is 7.89. The van der Waals surface area contributed by atoms with Crippen molar-refractivity contribution in [3.05, 3.63) is 54.6 Å². The lowest BCUT2D eigenvalue weighted by Crippen LogP contribution is -2.13. The number of sulfonamides is 1. The molecule has 0 aliphatic carbocycles. The molecule has 1 heterocycles. The Morgan fingerprint density at radius 1 is 1.08 bits per heavy atom. The minimum absolute atomic E-state index is 0.00303. The normalized spacial score (nSPS) is 11.4. The average molecular weight is 358 g/mol. The van der Waals surface area contributed by atoms with Gasteiger partial charge in [-0.3, -0.25) is 0 Å². The number of hydrogen-bond acceptors (Lipinski definition) is 5. The lowest BCUT2D eigenvalue weighted by molar-refractivity contribution is 0.216. The standard InChI is InChI=1S/C18H18N2O4S/c1-2-12-23-18-16(14-10-6-7-11-15(14)25(19,21)22)17(20-24-18)13-8-4-3-5-9-13/h3-11H,2,12H2,1H3,(H2,19,21,22). The Bertz CT molecular complexity index is 966. The topological polar surface area (TPSA) is 95.4 Å². The van der Waals surface area contributed by atoms with Crippen molar-refractivity contribution in [2.45, 2.75) is 18.2 Å². The lowest BCUT2D eigenvalue weighted by atomic mass is 10.0. The van der Waals surface area contributed by atoms with E-state index in [2.05, 4.69) is 5.16 Å². The van der Waals surface area contributed by atoms with Gasteiger partial charge in [0, 0.05) is 11.1 Å². The van der Waals surface area contributed by atoms with Gasteiger partial charge in [0.25, 0.3) is 0 Å². The Labute approximate surface area is 146 Å². The molecule has 3 aromatic rings. The third-order valence-electron chi connectivity index (χ3n) is 3.61. The number of rotatable bonds is 6. The second-order valence-corrected chi connectivity index (χ2v) is 6.98. The van der Waals surface area contributed by atoms with E-state index in [-0.39, 0.29) is 10.8 Å². The van der Waals surface area contributed by atoms with Crippen molar-refractivity contribution >= 4 is 10.0 Å². The monoisotopic (exact) mass is 358 g/mol. The quantitative estimate of drug-likeness (QED) is 0.728. The van der Waals surface area contributed by atoms with E-state index in [0.29, 0.717) is 23.4 Å². The maximum Gasteiger partial charge on any atom is 0.319 e. The predicted molar refractivity (Wildman–Crippen MR) is 94.5 cm³/mol. The molecule has 0 bridgehead atoms. The molecule has 0 fully saturated rings. The van der Waals surface area contributed by atoms with Crippen molar-refractivity contribution in [1.29, 1.82) is 0 Å². The zero-order chi connectivity index (χ0) is 17.9. The van der Waals surface area contributed by atoms with Crippen molar-refractivity contribution < 1.29 is 17.7 Å². The number of nitrogens with two attached hydrogens (primary N) is 1. The SMILES string of the molecule is CCCOc1onc(-c2ccccc2)c1-c1ccccc1S(N)(=O)=O. The number of nitrogens with zero attached hydrogens (tertiary/aromatic N) is 1. The van der Waals surface area contributed by atoms with Crippen LogP contribution < -0.4 is 9.88 Å². The summed E-state index contributed by atoms with van der Waals surface area (Å²) in [5.74, 6) is 0.178. The Hall–Kier alpha value is -2.64. The van der Waals surface area contributed by atoms with Crippen molar-refractivity contribution in [2.75, 3.05) is 6.61 Å². The van der Waals surface area contributed by atoms with Crippen LogP contribution in [0, 0.1) is 0 Å². The Balaban J connectivity index is 2.26. The first-order valence-corrected chi connectivity index (χ1v) is 9.37. The summed E-state index contributed by atoms with van der Waals surface area (Å²) in [6.07, 6.45) is 0.775. The molecule has 2 aromatic carbocycles. The van der Waals surface area contributed by atoms with Crippen LogP contribution in [0.5, 0.6) is 5.95 Å². The maximum absolute atomic E-state index is 12.0. The van der Waals surface area contributed by atoms with Crippen LogP contribution in [0.15, 0.2) is 64.0 Å². The second-order valence-electron chi connectivity index (χ2n) is 5.45. The number of benzene rings is 2. The molecule has 6 nitrogen and oxygen atoms in total. The fourth-order valence-electron chi connectivity index (χ4n) is 2.52. The van der Waals surface area contributed by atoms with Crippen LogP contribution in [0.3, 0.4) is 0 Å². The summed E-state index contributed by atoms with van der Waals surface area (Å²) in [6, 6.07) is 15.8. The van der Waals surface area contributed by atoms with E-state index in [1.54, 1.807) is 18.2 Å². The first-order valence-electron chi connectivity index (χ1n) is 7.82. The largest absolute Gasteiger partial charge is 0.463 e. The van der Waals surface area contributed by atoms with Gasteiger partial charge in [-0.15, -0.1) is 0 Å². The maximum atomic E-state index is 12.0. The molecule has 0 saturated carbocycles. The van der Waals surface area contributed by atoms with Crippen LogP contribution in [-0.2, 0) is 10.0 Å². The van der Waals surface area contributed by atoms with E-state index in [4.69, 9.17) is 14.4 Å². The Kier molecular flexibility index (Phi) is 4.87. The first kappa shape index (κ1) is 17.2. The second kappa shape index (κ2) is 7.08. The van der Waals surface area contributed by atoms with Crippen LogP contribution in [-0.4, -0.2) is 20.2 Å². The molecule has 0 atom stereocenters. The van der Waals surface area contributed by atoms with Gasteiger partial charge in [0.1, 0.15) is 5.69 Å². The molecule has 2 N–H and O–H groups in total. The van der Waals surface area contributed by atoms with Crippen molar-refractivity contribution in [2.24, 2.45) is 5.14 Å². The molecule has 0 unspecified atom stereocenters. The van der Waals surface area contributed by atoms with Crippen LogP contribution in [0.4, 0.5) is 0 Å². The van der Waals surface area contributed by atoms with Gasteiger partial charge in [0.15, 0.2) is 0 Å². The van der Waals surface area contributed by atoms with Crippen LogP contribution in [0.2, 0.25) is 0 Å². The minimum Gasteiger partial charge on any atom is -0.463 e. The van der Waals surface area contributed by atoms with Gasteiger partial charge in [0.2, 0.25) is 10.0 Å². The average Bonchev–Trinajstić information content (AvgIpc) is 3.03. The fraction of sp³-hybridized carbons (Fsp3) is 0.167. The molecular weight excluding hydrogens is 340 g/mol. The molecule has 0 radical (unpaired) electrons. The predicted octanol–water partition coefficient (Wildman–Crippen LogP) is 3.44. The van der Waals surface area contributed by atoms with Gasteiger partial charge in [-0.2, -0.15) is 0 Å². The lowest BCUT2D eigenvalue weighted by Gasteiger charge is -2.09.